The Morgan fingerprint density at radius 1 is 1.40 bits per heavy atom. The molecular weight excluding hydrogens is 186 g/mol. The summed E-state index contributed by atoms with van der Waals surface area (Å²) in [6.07, 6.45) is 3.08. The van der Waals surface area contributed by atoms with Crippen LogP contribution in [-0.2, 0) is 11.2 Å². The summed E-state index contributed by atoms with van der Waals surface area (Å²) >= 11 is 0. The molecule has 2 heteroatoms. The van der Waals surface area contributed by atoms with Crippen molar-refractivity contribution in [2.45, 2.75) is 32.2 Å². The molecule has 0 saturated carbocycles. The molecule has 0 aliphatic rings. The van der Waals surface area contributed by atoms with Gasteiger partial charge in [0.15, 0.2) is 0 Å². The largest absolute Gasteiger partial charge is 0.385 e. The van der Waals surface area contributed by atoms with E-state index >= 15 is 0 Å². The second-order valence-electron chi connectivity index (χ2n) is 3.84. The maximum Gasteiger partial charge on any atom is 0.0462 e. The molecule has 0 aromatic heterocycles. The Bertz CT molecular complexity index is 286. The Kier molecular flexibility index (Phi) is 5.37. The van der Waals surface area contributed by atoms with Crippen molar-refractivity contribution in [3.8, 4) is 0 Å². The SMILES string of the molecule is CCc1cccc(C(N)CCCOC)c1. The third kappa shape index (κ3) is 4.02. The van der Waals surface area contributed by atoms with E-state index in [1.54, 1.807) is 7.11 Å². The van der Waals surface area contributed by atoms with Crippen LogP contribution in [0, 0.1) is 0 Å². The van der Waals surface area contributed by atoms with E-state index in [2.05, 4.69) is 31.2 Å². The zero-order valence-corrected chi connectivity index (χ0v) is 9.70. The molecule has 0 radical (unpaired) electrons. The van der Waals surface area contributed by atoms with Gasteiger partial charge in [0.1, 0.15) is 0 Å². The number of nitrogens with two attached hydrogens (primary N) is 1. The van der Waals surface area contributed by atoms with Gasteiger partial charge in [0, 0.05) is 19.8 Å². The lowest BCUT2D eigenvalue weighted by molar-refractivity contribution is 0.190. The van der Waals surface area contributed by atoms with Gasteiger partial charge in [-0.25, -0.2) is 0 Å². The van der Waals surface area contributed by atoms with E-state index in [1.807, 2.05) is 0 Å². The molecule has 1 rings (SSSR count). The average Bonchev–Trinajstić information content (AvgIpc) is 2.29. The highest BCUT2D eigenvalue weighted by molar-refractivity contribution is 5.25. The molecule has 0 bridgehead atoms. The minimum absolute atomic E-state index is 0.145. The van der Waals surface area contributed by atoms with Gasteiger partial charge < -0.3 is 10.5 Å². The fraction of sp³-hybridized carbons (Fsp3) is 0.538. The van der Waals surface area contributed by atoms with Crippen LogP contribution in [0.15, 0.2) is 24.3 Å². The summed E-state index contributed by atoms with van der Waals surface area (Å²) < 4.78 is 5.02. The van der Waals surface area contributed by atoms with Gasteiger partial charge in [-0.2, -0.15) is 0 Å². The Hall–Kier alpha value is -0.860. The van der Waals surface area contributed by atoms with E-state index in [1.165, 1.54) is 11.1 Å². The standard InChI is InChI=1S/C13H21NO/c1-3-11-6-4-7-12(10-11)13(14)8-5-9-15-2/h4,6-7,10,13H,3,5,8-9,14H2,1-2H3. The summed E-state index contributed by atoms with van der Waals surface area (Å²) in [6.45, 7) is 2.96. The summed E-state index contributed by atoms with van der Waals surface area (Å²) in [5.74, 6) is 0. The van der Waals surface area contributed by atoms with Gasteiger partial charge in [0.2, 0.25) is 0 Å². The summed E-state index contributed by atoms with van der Waals surface area (Å²) in [6, 6.07) is 8.69. The fourth-order valence-electron chi connectivity index (χ4n) is 1.66. The number of methoxy groups -OCH3 is 1. The first-order valence-electron chi connectivity index (χ1n) is 5.61. The van der Waals surface area contributed by atoms with Crippen LogP contribution < -0.4 is 5.73 Å². The zero-order chi connectivity index (χ0) is 11.1. The summed E-state index contributed by atoms with van der Waals surface area (Å²) in [5.41, 5.74) is 8.70. The maximum atomic E-state index is 6.10. The Morgan fingerprint density at radius 2 is 2.20 bits per heavy atom. The van der Waals surface area contributed by atoms with Gasteiger partial charge in [0.05, 0.1) is 0 Å². The normalized spacial score (nSPS) is 12.7. The molecule has 1 aromatic rings. The quantitative estimate of drug-likeness (QED) is 0.728. The van der Waals surface area contributed by atoms with Crippen molar-refractivity contribution in [3.63, 3.8) is 0 Å². The molecule has 0 amide bonds. The lowest BCUT2D eigenvalue weighted by Gasteiger charge is -2.12. The van der Waals surface area contributed by atoms with Crippen molar-refractivity contribution in [3.05, 3.63) is 35.4 Å². The van der Waals surface area contributed by atoms with E-state index in [-0.39, 0.29) is 6.04 Å². The minimum atomic E-state index is 0.145. The van der Waals surface area contributed by atoms with Crippen molar-refractivity contribution in [2.75, 3.05) is 13.7 Å². The summed E-state index contributed by atoms with van der Waals surface area (Å²) in [4.78, 5) is 0. The lowest BCUT2D eigenvalue weighted by atomic mass is 10.00. The van der Waals surface area contributed by atoms with Crippen LogP contribution in [0.1, 0.15) is 36.9 Å². The Balaban J connectivity index is 2.52. The number of ether oxygens (including phenoxy) is 1. The van der Waals surface area contributed by atoms with E-state index in [9.17, 15) is 0 Å². The number of benzene rings is 1. The third-order valence-corrected chi connectivity index (χ3v) is 2.65. The fourth-order valence-corrected chi connectivity index (χ4v) is 1.66. The monoisotopic (exact) mass is 207 g/mol. The molecule has 1 atom stereocenters. The van der Waals surface area contributed by atoms with Crippen LogP contribution in [0.4, 0.5) is 0 Å². The second-order valence-corrected chi connectivity index (χ2v) is 3.84. The molecule has 2 nitrogen and oxygen atoms in total. The Labute approximate surface area is 92.4 Å². The van der Waals surface area contributed by atoms with Crippen LogP contribution in [0.3, 0.4) is 0 Å². The molecule has 1 aromatic carbocycles. The first kappa shape index (κ1) is 12.2. The van der Waals surface area contributed by atoms with E-state index in [4.69, 9.17) is 10.5 Å². The summed E-state index contributed by atoms with van der Waals surface area (Å²) in [7, 11) is 1.73. The predicted octanol–water partition coefficient (Wildman–Crippen LogP) is 2.68. The van der Waals surface area contributed by atoms with Gasteiger partial charge in [-0.05, 0) is 30.4 Å². The van der Waals surface area contributed by atoms with Gasteiger partial charge >= 0.3 is 0 Å². The highest BCUT2D eigenvalue weighted by atomic mass is 16.5. The zero-order valence-electron chi connectivity index (χ0n) is 9.70. The van der Waals surface area contributed by atoms with Crippen molar-refractivity contribution in [2.24, 2.45) is 5.73 Å². The predicted molar refractivity (Wildman–Crippen MR) is 63.9 cm³/mol. The van der Waals surface area contributed by atoms with E-state index in [0.717, 1.165) is 25.9 Å². The van der Waals surface area contributed by atoms with Crippen molar-refractivity contribution in [1.82, 2.24) is 0 Å². The first-order chi connectivity index (χ1) is 7.27. The van der Waals surface area contributed by atoms with Crippen LogP contribution in [0.25, 0.3) is 0 Å². The van der Waals surface area contributed by atoms with Gasteiger partial charge in [0.25, 0.3) is 0 Å². The van der Waals surface area contributed by atoms with Crippen LogP contribution >= 0.6 is 0 Å². The Morgan fingerprint density at radius 3 is 2.87 bits per heavy atom. The molecule has 0 fully saturated rings. The first-order valence-corrected chi connectivity index (χ1v) is 5.61. The van der Waals surface area contributed by atoms with Crippen LogP contribution in [0.2, 0.25) is 0 Å². The smallest absolute Gasteiger partial charge is 0.0462 e. The van der Waals surface area contributed by atoms with Crippen molar-refractivity contribution in [1.29, 1.82) is 0 Å². The molecular formula is C13H21NO. The van der Waals surface area contributed by atoms with Crippen molar-refractivity contribution >= 4 is 0 Å². The molecule has 0 saturated heterocycles. The summed E-state index contributed by atoms with van der Waals surface area (Å²) in [5, 5.41) is 0. The molecule has 84 valence electrons. The number of hydrogen-bond acceptors (Lipinski definition) is 2. The molecule has 0 aliphatic carbocycles. The maximum absolute atomic E-state index is 6.10. The van der Waals surface area contributed by atoms with Crippen LogP contribution in [0.5, 0.6) is 0 Å². The second kappa shape index (κ2) is 6.59. The lowest BCUT2D eigenvalue weighted by Crippen LogP contribution is -2.11. The van der Waals surface area contributed by atoms with E-state index in [0.29, 0.717) is 0 Å². The minimum Gasteiger partial charge on any atom is -0.385 e. The van der Waals surface area contributed by atoms with Crippen LogP contribution in [-0.4, -0.2) is 13.7 Å². The highest BCUT2D eigenvalue weighted by Gasteiger charge is 2.05. The molecule has 0 aliphatic heterocycles. The molecule has 1 unspecified atom stereocenters. The van der Waals surface area contributed by atoms with Gasteiger partial charge in [-0.15, -0.1) is 0 Å². The number of hydrogen-bond donors (Lipinski definition) is 1. The van der Waals surface area contributed by atoms with E-state index < -0.39 is 0 Å². The van der Waals surface area contributed by atoms with Gasteiger partial charge in [-0.1, -0.05) is 31.2 Å². The number of rotatable bonds is 6. The van der Waals surface area contributed by atoms with Crippen molar-refractivity contribution < 1.29 is 4.74 Å². The highest BCUT2D eigenvalue weighted by Crippen LogP contribution is 2.17. The third-order valence-electron chi connectivity index (χ3n) is 2.65. The molecule has 2 N–H and O–H groups in total. The van der Waals surface area contributed by atoms with Gasteiger partial charge in [-0.3, -0.25) is 0 Å². The molecule has 0 spiro atoms. The number of aryl methyl sites for hydroxylation is 1. The topological polar surface area (TPSA) is 35.2 Å². The average molecular weight is 207 g/mol. The molecule has 15 heavy (non-hydrogen) atoms. The molecule has 0 heterocycles.